The fraction of sp³-hybridized carbons (Fsp3) is 0.818. The first-order valence-electron chi connectivity index (χ1n) is 5.10. The second-order valence-electron chi connectivity index (χ2n) is 4.66. The summed E-state index contributed by atoms with van der Waals surface area (Å²) in [6.07, 6.45) is 1.61. The number of carbonyl (C=O) groups is 2. The van der Waals surface area contributed by atoms with Crippen LogP contribution in [0.1, 0.15) is 47.5 Å². The van der Waals surface area contributed by atoms with Crippen LogP contribution >= 0.6 is 0 Å². The Bertz CT molecular complexity index is 216. The molecule has 0 amide bonds. The third-order valence-corrected chi connectivity index (χ3v) is 1.85. The molecular formula is C11H21NO2. The molecule has 0 aromatic carbocycles. The summed E-state index contributed by atoms with van der Waals surface area (Å²) in [5.41, 5.74) is -0.134. The van der Waals surface area contributed by atoms with Gasteiger partial charge >= 0.3 is 0 Å². The highest BCUT2D eigenvalue weighted by atomic mass is 16.2. The molecule has 0 rings (SSSR count). The van der Waals surface area contributed by atoms with Crippen molar-refractivity contribution in [2.45, 2.75) is 59.0 Å². The zero-order valence-corrected chi connectivity index (χ0v) is 9.81. The summed E-state index contributed by atoms with van der Waals surface area (Å²) in [7, 11) is 0. The maximum Gasteiger partial charge on any atom is 0.214 e. The fourth-order valence-corrected chi connectivity index (χ4v) is 1.33. The van der Waals surface area contributed by atoms with Crippen molar-refractivity contribution in [3.63, 3.8) is 0 Å². The van der Waals surface area contributed by atoms with E-state index in [-0.39, 0.29) is 23.1 Å². The molecule has 3 heteroatoms. The summed E-state index contributed by atoms with van der Waals surface area (Å²) in [6, 6.07) is -0.322. The van der Waals surface area contributed by atoms with E-state index >= 15 is 0 Å². The highest BCUT2D eigenvalue weighted by molar-refractivity contribution is 6.38. The summed E-state index contributed by atoms with van der Waals surface area (Å²) < 4.78 is 0. The SMILES string of the molecule is CCCC(NC(C)(C)C)C(=O)C(C)=O. The van der Waals surface area contributed by atoms with E-state index in [4.69, 9.17) is 0 Å². The lowest BCUT2D eigenvalue weighted by molar-refractivity contribution is -0.137. The number of hydrogen-bond acceptors (Lipinski definition) is 3. The van der Waals surface area contributed by atoms with Crippen LogP contribution in [0.2, 0.25) is 0 Å². The normalized spacial score (nSPS) is 13.8. The van der Waals surface area contributed by atoms with Gasteiger partial charge in [-0.1, -0.05) is 13.3 Å². The van der Waals surface area contributed by atoms with Gasteiger partial charge in [-0.2, -0.15) is 0 Å². The van der Waals surface area contributed by atoms with Crippen molar-refractivity contribution in [1.82, 2.24) is 5.32 Å². The summed E-state index contributed by atoms with van der Waals surface area (Å²) in [5, 5.41) is 3.17. The average molecular weight is 199 g/mol. The number of rotatable bonds is 5. The van der Waals surface area contributed by atoms with Gasteiger partial charge in [0.15, 0.2) is 5.78 Å². The summed E-state index contributed by atoms with van der Waals surface area (Å²) in [5.74, 6) is -0.665. The number of hydrogen-bond donors (Lipinski definition) is 1. The molecule has 0 aliphatic carbocycles. The summed E-state index contributed by atoms with van der Waals surface area (Å²) >= 11 is 0. The molecule has 0 aliphatic rings. The predicted octanol–water partition coefficient (Wildman–Crippen LogP) is 1.70. The molecule has 1 N–H and O–H groups in total. The molecule has 0 saturated carbocycles. The number of Topliss-reactive ketones (excluding diaryl/α,β-unsaturated/α-hetero) is 2. The monoisotopic (exact) mass is 199 g/mol. The standard InChI is InChI=1S/C11H21NO2/c1-6-7-9(10(14)8(2)13)12-11(3,4)5/h9,12H,6-7H2,1-5H3. The van der Waals surface area contributed by atoms with Crippen molar-refractivity contribution in [3.8, 4) is 0 Å². The smallest absolute Gasteiger partial charge is 0.214 e. The Labute approximate surface area is 86.3 Å². The van der Waals surface area contributed by atoms with E-state index in [0.717, 1.165) is 12.8 Å². The first kappa shape index (κ1) is 13.3. The van der Waals surface area contributed by atoms with Gasteiger partial charge in [0.25, 0.3) is 0 Å². The Hall–Kier alpha value is -0.700. The number of ketones is 2. The molecule has 0 bridgehead atoms. The minimum Gasteiger partial charge on any atom is -0.302 e. The zero-order valence-electron chi connectivity index (χ0n) is 9.81. The molecule has 82 valence electrons. The maximum absolute atomic E-state index is 11.5. The van der Waals surface area contributed by atoms with Crippen molar-refractivity contribution in [1.29, 1.82) is 0 Å². The third kappa shape index (κ3) is 5.12. The average Bonchev–Trinajstić information content (AvgIpc) is 1.99. The molecule has 0 aromatic rings. The third-order valence-electron chi connectivity index (χ3n) is 1.85. The lowest BCUT2D eigenvalue weighted by atomic mass is 10.00. The summed E-state index contributed by atoms with van der Waals surface area (Å²) in [4.78, 5) is 22.5. The van der Waals surface area contributed by atoms with Crippen LogP contribution < -0.4 is 5.32 Å². The van der Waals surface area contributed by atoms with Crippen LogP contribution in [0.5, 0.6) is 0 Å². The van der Waals surface area contributed by atoms with E-state index < -0.39 is 0 Å². The van der Waals surface area contributed by atoms with Crippen LogP contribution in [-0.4, -0.2) is 23.1 Å². The molecule has 0 saturated heterocycles. The Morgan fingerprint density at radius 3 is 2.07 bits per heavy atom. The summed E-state index contributed by atoms with van der Waals surface area (Å²) in [6.45, 7) is 9.30. The molecule has 1 unspecified atom stereocenters. The Morgan fingerprint density at radius 1 is 1.29 bits per heavy atom. The zero-order chi connectivity index (χ0) is 11.4. The van der Waals surface area contributed by atoms with Crippen LogP contribution in [0.25, 0.3) is 0 Å². The lowest BCUT2D eigenvalue weighted by Crippen LogP contribution is -2.49. The van der Waals surface area contributed by atoms with Crippen molar-refractivity contribution in [3.05, 3.63) is 0 Å². The van der Waals surface area contributed by atoms with Crippen molar-refractivity contribution in [2.24, 2.45) is 0 Å². The highest BCUT2D eigenvalue weighted by Crippen LogP contribution is 2.07. The van der Waals surface area contributed by atoms with Gasteiger partial charge in [0.2, 0.25) is 5.78 Å². The number of nitrogens with one attached hydrogen (secondary N) is 1. The van der Waals surface area contributed by atoms with E-state index in [2.05, 4.69) is 5.32 Å². The van der Waals surface area contributed by atoms with E-state index in [1.165, 1.54) is 6.92 Å². The largest absolute Gasteiger partial charge is 0.302 e. The first-order chi connectivity index (χ1) is 6.28. The molecular weight excluding hydrogens is 178 g/mol. The van der Waals surface area contributed by atoms with Gasteiger partial charge in [0.05, 0.1) is 6.04 Å². The predicted molar refractivity (Wildman–Crippen MR) is 57.3 cm³/mol. The fourth-order valence-electron chi connectivity index (χ4n) is 1.33. The maximum atomic E-state index is 11.5. The minimum absolute atomic E-state index is 0.134. The molecule has 0 radical (unpaired) electrons. The van der Waals surface area contributed by atoms with Crippen LogP contribution in [0.3, 0.4) is 0 Å². The van der Waals surface area contributed by atoms with Gasteiger partial charge < -0.3 is 5.32 Å². The second-order valence-corrected chi connectivity index (χ2v) is 4.66. The minimum atomic E-state index is -0.361. The quantitative estimate of drug-likeness (QED) is 0.685. The van der Waals surface area contributed by atoms with Crippen LogP contribution in [0, 0.1) is 0 Å². The molecule has 14 heavy (non-hydrogen) atoms. The van der Waals surface area contributed by atoms with E-state index in [0.29, 0.717) is 0 Å². The van der Waals surface area contributed by atoms with Crippen LogP contribution in [0.15, 0.2) is 0 Å². The second kappa shape index (κ2) is 5.25. The van der Waals surface area contributed by atoms with E-state index in [1.807, 2.05) is 27.7 Å². The topological polar surface area (TPSA) is 46.2 Å². The molecule has 1 atom stereocenters. The number of carbonyl (C=O) groups excluding carboxylic acids is 2. The molecule has 0 spiro atoms. The lowest BCUT2D eigenvalue weighted by Gasteiger charge is -2.26. The Kier molecular flexibility index (Phi) is 4.99. The van der Waals surface area contributed by atoms with Gasteiger partial charge in [0, 0.05) is 12.5 Å². The first-order valence-corrected chi connectivity index (χ1v) is 5.10. The van der Waals surface area contributed by atoms with E-state index in [1.54, 1.807) is 0 Å². The Morgan fingerprint density at radius 2 is 1.79 bits per heavy atom. The van der Waals surface area contributed by atoms with Crippen LogP contribution in [0.4, 0.5) is 0 Å². The highest BCUT2D eigenvalue weighted by Gasteiger charge is 2.25. The van der Waals surface area contributed by atoms with Gasteiger partial charge in [-0.3, -0.25) is 9.59 Å². The van der Waals surface area contributed by atoms with Gasteiger partial charge in [-0.05, 0) is 27.2 Å². The van der Waals surface area contributed by atoms with Gasteiger partial charge in [-0.15, -0.1) is 0 Å². The van der Waals surface area contributed by atoms with Gasteiger partial charge in [-0.25, -0.2) is 0 Å². The molecule has 0 heterocycles. The molecule has 0 fully saturated rings. The van der Waals surface area contributed by atoms with Gasteiger partial charge in [0.1, 0.15) is 0 Å². The molecule has 3 nitrogen and oxygen atoms in total. The Balaban J connectivity index is 4.44. The van der Waals surface area contributed by atoms with Crippen LogP contribution in [-0.2, 0) is 9.59 Å². The van der Waals surface area contributed by atoms with Crippen molar-refractivity contribution in [2.75, 3.05) is 0 Å². The molecule has 0 aromatic heterocycles. The van der Waals surface area contributed by atoms with Crippen molar-refractivity contribution >= 4 is 11.6 Å². The van der Waals surface area contributed by atoms with E-state index in [9.17, 15) is 9.59 Å². The van der Waals surface area contributed by atoms with Crippen molar-refractivity contribution < 1.29 is 9.59 Å². The molecule has 0 aliphatic heterocycles.